The van der Waals surface area contributed by atoms with Crippen LogP contribution in [0.25, 0.3) is 10.4 Å². The molecule has 3 N–H and O–H groups in total. The van der Waals surface area contributed by atoms with Crippen molar-refractivity contribution < 1.29 is 0 Å². The Morgan fingerprint density at radius 3 is 2.90 bits per heavy atom. The quantitative estimate of drug-likeness (QED) is 0.528. The van der Waals surface area contributed by atoms with Crippen LogP contribution in [0.5, 0.6) is 0 Å². The fourth-order valence-electron chi connectivity index (χ4n) is 2.62. The molecule has 2 aromatic carbocycles. The summed E-state index contributed by atoms with van der Waals surface area (Å²) < 4.78 is 0. The van der Waals surface area contributed by atoms with Gasteiger partial charge in [0.15, 0.2) is 5.13 Å². The average Bonchev–Trinajstić information content (AvgIpc) is 2.94. The molecule has 0 spiro atoms. The summed E-state index contributed by atoms with van der Waals surface area (Å²) in [6.07, 6.45) is 0.904. The van der Waals surface area contributed by atoms with Crippen molar-refractivity contribution in [3.05, 3.63) is 58.7 Å². The zero-order valence-corrected chi connectivity index (χ0v) is 12.6. The molecule has 0 radical (unpaired) electrons. The van der Waals surface area contributed by atoms with Crippen molar-refractivity contribution in [1.29, 1.82) is 0 Å². The van der Waals surface area contributed by atoms with Crippen molar-refractivity contribution in [2.45, 2.75) is 6.42 Å². The van der Waals surface area contributed by atoms with E-state index in [-0.39, 0.29) is 0 Å². The molecule has 0 saturated heterocycles. The van der Waals surface area contributed by atoms with E-state index in [4.69, 9.17) is 17.3 Å². The topological polar surface area (TPSA) is 50.9 Å². The van der Waals surface area contributed by atoms with Gasteiger partial charge in [0, 0.05) is 22.8 Å². The van der Waals surface area contributed by atoms with Crippen molar-refractivity contribution in [3.8, 4) is 10.4 Å². The van der Waals surface area contributed by atoms with E-state index >= 15 is 0 Å². The summed E-state index contributed by atoms with van der Waals surface area (Å²) >= 11 is 7.69. The number of nitrogen functional groups attached to an aromatic ring is 1. The molecule has 3 nitrogen and oxygen atoms in total. The molecule has 5 heteroatoms. The second-order valence-corrected chi connectivity index (χ2v) is 6.46. The molecular weight excluding hydrogens is 302 g/mol. The first kappa shape index (κ1) is 12.7. The lowest BCUT2D eigenvalue weighted by atomic mass is 10.1. The number of hydrogen-bond donors (Lipinski definition) is 2. The van der Waals surface area contributed by atoms with E-state index in [9.17, 15) is 0 Å². The largest absolute Gasteiger partial charge is 0.399 e. The van der Waals surface area contributed by atoms with Gasteiger partial charge >= 0.3 is 0 Å². The highest BCUT2D eigenvalue weighted by atomic mass is 35.5. The van der Waals surface area contributed by atoms with Crippen LogP contribution in [0.3, 0.4) is 0 Å². The Morgan fingerprint density at radius 2 is 2.05 bits per heavy atom. The molecular formula is C16H12ClN3S. The van der Waals surface area contributed by atoms with Gasteiger partial charge in [-0.05, 0) is 29.3 Å². The van der Waals surface area contributed by atoms with Gasteiger partial charge in [-0.1, -0.05) is 47.2 Å². The molecule has 0 fully saturated rings. The Kier molecular flexibility index (Phi) is 2.87. The SMILES string of the molecule is Nc1cc(Cl)cc(Nc2nc3c(s2)-c2ccccc2C3)c1. The summed E-state index contributed by atoms with van der Waals surface area (Å²) in [6, 6.07) is 13.9. The van der Waals surface area contributed by atoms with E-state index in [0.29, 0.717) is 10.7 Å². The summed E-state index contributed by atoms with van der Waals surface area (Å²) in [7, 11) is 0. The van der Waals surface area contributed by atoms with E-state index < -0.39 is 0 Å². The smallest absolute Gasteiger partial charge is 0.187 e. The third-order valence-electron chi connectivity index (χ3n) is 3.49. The monoisotopic (exact) mass is 313 g/mol. The molecule has 0 saturated carbocycles. The van der Waals surface area contributed by atoms with Crippen LogP contribution >= 0.6 is 22.9 Å². The summed E-state index contributed by atoms with van der Waals surface area (Å²) in [6.45, 7) is 0. The Morgan fingerprint density at radius 1 is 1.19 bits per heavy atom. The van der Waals surface area contributed by atoms with Crippen molar-refractivity contribution in [2.24, 2.45) is 0 Å². The number of aromatic nitrogens is 1. The first-order chi connectivity index (χ1) is 10.2. The molecule has 1 heterocycles. The second kappa shape index (κ2) is 4.76. The minimum atomic E-state index is 0.618. The van der Waals surface area contributed by atoms with Gasteiger partial charge in [-0.3, -0.25) is 0 Å². The van der Waals surface area contributed by atoms with Crippen LogP contribution < -0.4 is 11.1 Å². The van der Waals surface area contributed by atoms with Gasteiger partial charge in [-0.15, -0.1) is 0 Å². The number of nitrogens with one attached hydrogen (secondary N) is 1. The Labute approximate surface area is 131 Å². The van der Waals surface area contributed by atoms with Crippen molar-refractivity contribution in [3.63, 3.8) is 0 Å². The van der Waals surface area contributed by atoms with Crippen LogP contribution in [-0.2, 0) is 6.42 Å². The maximum Gasteiger partial charge on any atom is 0.187 e. The number of hydrogen-bond acceptors (Lipinski definition) is 4. The Hall–Kier alpha value is -2.04. The number of nitrogens with zero attached hydrogens (tertiary/aromatic N) is 1. The van der Waals surface area contributed by atoms with Crippen LogP contribution in [0.1, 0.15) is 11.3 Å². The van der Waals surface area contributed by atoms with E-state index in [1.54, 1.807) is 17.4 Å². The van der Waals surface area contributed by atoms with Gasteiger partial charge in [0.2, 0.25) is 0 Å². The number of nitrogens with two attached hydrogens (primary N) is 1. The molecule has 21 heavy (non-hydrogen) atoms. The minimum Gasteiger partial charge on any atom is -0.399 e. The van der Waals surface area contributed by atoms with Crippen LogP contribution in [-0.4, -0.2) is 4.98 Å². The van der Waals surface area contributed by atoms with E-state index in [1.807, 2.05) is 12.1 Å². The average molecular weight is 314 g/mol. The molecule has 0 aliphatic heterocycles. The molecule has 1 aliphatic carbocycles. The molecule has 0 atom stereocenters. The summed E-state index contributed by atoms with van der Waals surface area (Å²) in [5, 5.41) is 4.78. The van der Waals surface area contributed by atoms with Gasteiger partial charge in [0.25, 0.3) is 0 Å². The zero-order chi connectivity index (χ0) is 14.4. The first-order valence-electron chi connectivity index (χ1n) is 6.60. The maximum atomic E-state index is 6.02. The third kappa shape index (κ3) is 2.26. The van der Waals surface area contributed by atoms with Crippen molar-refractivity contribution in [2.75, 3.05) is 11.1 Å². The van der Waals surface area contributed by atoms with E-state index in [0.717, 1.165) is 22.9 Å². The van der Waals surface area contributed by atoms with Gasteiger partial charge < -0.3 is 11.1 Å². The summed E-state index contributed by atoms with van der Waals surface area (Å²) in [4.78, 5) is 5.94. The molecule has 0 bridgehead atoms. The number of thiazole rings is 1. The molecule has 0 unspecified atom stereocenters. The minimum absolute atomic E-state index is 0.618. The van der Waals surface area contributed by atoms with E-state index in [1.165, 1.54) is 16.0 Å². The fraction of sp³-hybridized carbons (Fsp3) is 0.0625. The van der Waals surface area contributed by atoms with Crippen molar-refractivity contribution >= 4 is 39.4 Å². The molecule has 104 valence electrons. The summed E-state index contributed by atoms with van der Waals surface area (Å²) in [5.74, 6) is 0. The second-order valence-electron chi connectivity index (χ2n) is 5.03. The molecule has 3 aromatic rings. The lowest BCUT2D eigenvalue weighted by molar-refractivity contribution is 1.15. The first-order valence-corrected chi connectivity index (χ1v) is 7.79. The normalized spacial score (nSPS) is 12.0. The van der Waals surface area contributed by atoms with Crippen LogP contribution in [0.4, 0.5) is 16.5 Å². The lowest BCUT2D eigenvalue weighted by Gasteiger charge is -2.05. The van der Waals surface area contributed by atoms with E-state index in [2.05, 4.69) is 34.6 Å². The molecule has 0 amide bonds. The third-order valence-corrected chi connectivity index (χ3v) is 4.75. The number of benzene rings is 2. The fourth-order valence-corrected chi connectivity index (χ4v) is 3.93. The predicted octanol–water partition coefficient (Wildman–Crippen LogP) is 4.69. The molecule has 4 rings (SSSR count). The van der Waals surface area contributed by atoms with Gasteiger partial charge in [0.1, 0.15) is 0 Å². The van der Waals surface area contributed by atoms with Crippen LogP contribution in [0, 0.1) is 0 Å². The number of fused-ring (bicyclic) bond motifs is 3. The van der Waals surface area contributed by atoms with Gasteiger partial charge in [-0.2, -0.15) is 0 Å². The van der Waals surface area contributed by atoms with Crippen LogP contribution in [0.2, 0.25) is 5.02 Å². The molecule has 1 aliphatic rings. The Bertz CT molecular complexity index is 821. The maximum absolute atomic E-state index is 6.02. The predicted molar refractivity (Wildman–Crippen MR) is 89.5 cm³/mol. The summed E-state index contributed by atoms with van der Waals surface area (Å²) in [5.41, 5.74) is 11.1. The van der Waals surface area contributed by atoms with Crippen LogP contribution in [0.15, 0.2) is 42.5 Å². The number of halogens is 1. The highest BCUT2D eigenvalue weighted by molar-refractivity contribution is 7.19. The van der Waals surface area contributed by atoms with Gasteiger partial charge in [-0.25, -0.2) is 4.98 Å². The Balaban J connectivity index is 1.68. The van der Waals surface area contributed by atoms with Crippen molar-refractivity contribution in [1.82, 2.24) is 4.98 Å². The lowest BCUT2D eigenvalue weighted by Crippen LogP contribution is -1.93. The highest BCUT2D eigenvalue weighted by Gasteiger charge is 2.22. The number of rotatable bonds is 2. The number of anilines is 3. The zero-order valence-electron chi connectivity index (χ0n) is 11.1. The molecule has 1 aromatic heterocycles. The standard InChI is InChI=1S/C16H12ClN3S/c17-10-6-11(18)8-12(7-10)19-16-20-14-5-9-3-1-2-4-13(9)15(14)21-16/h1-4,6-8H,5,18H2,(H,19,20). The highest BCUT2D eigenvalue weighted by Crippen LogP contribution is 2.42. The van der Waals surface area contributed by atoms with Gasteiger partial charge in [0.05, 0.1) is 10.6 Å².